The molecule has 3 heteroatoms. The second kappa shape index (κ2) is 2.08. The molecule has 0 unspecified atom stereocenters. The molecule has 9 heavy (non-hydrogen) atoms. The van der Waals surface area contributed by atoms with Crippen LogP contribution in [0, 0.1) is 0 Å². The van der Waals surface area contributed by atoms with E-state index < -0.39 is 0 Å². The van der Waals surface area contributed by atoms with Gasteiger partial charge in [0.05, 0.1) is 29.3 Å². The van der Waals surface area contributed by atoms with E-state index in [-0.39, 0.29) is 0 Å². The smallest absolute Gasteiger partial charge is 0.0828 e. The van der Waals surface area contributed by atoms with E-state index in [1.165, 1.54) is 10.6 Å². The van der Waals surface area contributed by atoms with Gasteiger partial charge in [-0.1, -0.05) is 0 Å². The summed E-state index contributed by atoms with van der Waals surface area (Å²) in [6, 6.07) is 0. The van der Waals surface area contributed by atoms with Crippen molar-refractivity contribution in [1.82, 2.24) is 4.98 Å². The molecule has 0 saturated carbocycles. The minimum absolute atomic E-state index is 0.778. The Morgan fingerprint density at radius 3 is 3.56 bits per heavy atom. The third-order valence-corrected chi connectivity index (χ3v) is 2.29. The first-order chi connectivity index (χ1) is 4.47. The van der Waals surface area contributed by atoms with Crippen molar-refractivity contribution in [3.05, 3.63) is 16.1 Å². The first-order valence-corrected chi connectivity index (χ1v) is 3.84. The Hall–Kier alpha value is -0.410. The van der Waals surface area contributed by atoms with E-state index in [9.17, 15) is 0 Å². The Kier molecular flexibility index (Phi) is 1.24. The molecule has 0 saturated heterocycles. The van der Waals surface area contributed by atoms with Crippen LogP contribution >= 0.6 is 11.3 Å². The number of rotatable bonds is 0. The first kappa shape index (κ1) is 5.38. The molecule has 0 N–H and O–H groups in total. The van der Waals surface area contributed by atoms with E-state index in [1.807, 2.05) is 5.51 Å². The van der Waals surface area contributed by atoms with E-state index in [1.54, 1.807) is 11.3 Å². The number of hydrogen-bond donors (Lipinski definition) is 0. The Bertz CT molecular complexity index is 188. The van der Waals surface area contributed by atoms with E-state index in [0.29, 0.717) is 0 Å². The molecule has 2 rings (SSSR count). The van der Waals surface area contributed by atoms with Crippen LogP contribution in [-0.4, -0.2) is 11.6 Å². The molecule has 2 heterocycles. The van der Waals surface area contributed by atoms with Crippen LogP contribution in [0.1, 0.15) is 10.6 Å². The van der Waals surface area contributed by atoms with Gasteiger partial charge in [-0.05, 0) is 0 Å². The fourth-order valence-electron chi connectivity index (χ4n) is 0.949. The van der Waals surface area contributed by atoms with Gasteiger partial charge in [0.15, 0.2) is 0 Å². The van der Waals surface area contributed by atoms with Gasteiger partial charge in [-0.3, -0.25) is 0 Å². The van der Waals surface area contributed by atoms with Gasteiger partial charge < -0.3 is 4.74 Å². The molecule has 1 aromatic heterocycles. The van der Waals surface area contributed by atoms with Crippen molar-refractivity contribution < 1.29 is 4.74 Å². The van der Waals surface area contributed by atoms with Gasteiger partial charge >= 0.3 is 0 Å². The lowest BCUT2D eigenvalue weighted by atomic mass is 10.2. The molecule has 1 aliphatic rings. The zero-order valence-electron chi connectivity index (χ0n) is 4.96. The van der Waals surface area contributed by atoms with Gasteiger partial charge in [-0.15, -0.1) is 11.3 Å². The van der Waals surface area contributed by atoms with E-state index >= 15 is 0 Å². The molecule has 0 bridgehead atoms. The molecule has 0 atom stereocenters. The summed E-state index contributed by atoms with van der Waals surface area (Å²) in [5, 5.41) is 0. The molecule has 0 fully saturated rings. The lowest BCUT2D eigenvalue weighted by Crippen LogP contribution is -2.07. The van der Waals surface area contributed by atoms with Crippen molar-refractivity contribution >= 4 is 11.3 Å². The van der Waals surface area contributed by atoms with Gasteiger partial charge in [0.1, 0.15) is 0 Å². The predicted molar refractivity (Wildman–Crippen MR) is 35.5 cm³/mol. The first-order valence-electron chi connectivity index (χ1n) is 2.96. The number of ether oxygens (including phenoxy) is 1. The Morgan fingerprint density at radius 1 is 1.67 bits per heavy atom. The van der Waals surface area contributed by atoms with E-state index in [4.69, 9.17) is 4.74 Å². The molecule has 2 nitrogen and oxygen atoms in total. The third kappa shape index (κ3) is 0.862. The maximum atomic E-state index is 5.22. The summed E-state index contributed by atoms with van der Waals surface area (Å²) in [5.74, 6) is 0. The summed E-state index contributed by atoms with van der Waals surface area (Å²) in [7, 11) is 0. The molecule has 0 aromatic carbocycles. The largest absolute Gasteiger partial charge is 0.375 e. The lowest BCUT2D eigenvalue weighted by molar-refractivity contribution is 0.112. The summed E-state index contributed by atoms with van der Waals surface area (Å²) in [6.07, 6.45) is 0.999. The van der Waals surface area contributed by atoms with Crippen molar-refractivity contribution in [3.8, 4) is 0 Å². The Morgan fingerprint density at radius 2 is 2.67 bits per heavy atom. The fourth-order valence-corrected chi connectivity index (χ4v) is 1.70. The van der Waals surface area contributed by atoms with Gasteiger partial charge in [-0.25, -0.2) is 4.98 Å². The molecular weight excluding hydrogens is 134 g/mol. The van der Waals surface area contributed by atoms with Crippen LogP contribution in [0.3, 0.4) is 0 Å². The summed E-state index contributed by atoms with van der Waals surface area (Å²) in [5.41, 5.74) is 3.13. The van der Waals surface area contributed by atoms with Gasteiger partial charge in [0.2, 0.25) is 0 Å². The molecule has 0 aliphatic carbocycles. The molecule has 0 amide bonds. The van der Waals surface area contributed by atoms with Crippen LogP contribution in [0.15, 0.2) is 5.51 Å². The van der Waals surface area contributed by atoms with Crippen LogP contribution in [-0.2, 0) is 17.8 Å². The second-order valence-corrected chi connectivity index (χ2v) is 2.96. The monoisotopic (exact) mass is 141 g/mol. The SMILES string of the molecule is c1nc2c(s1)COCC2. The average Bonchev–Trinajstić information content (AvgIpc) is 2.33. The molecule has 0 spiro atoms. The standard InChI is InChI=1S/C6H7NOS/c1-2-8-3-6-5(1)7-4-9-6/h4H,1-3H2. The summed E-state index contributed by atoms with van der Waals surface area (Å²) in [4.78, 5) is 5.50. The molecule has 48 valence electrons. The van der Waals surface area contributed by atoms with Crippen LogP contribution in [0.2, 0.25) is 0 Å². The maximum absolute atomic E-state index is 5.22. The second-order valence-electron chi connectivity index (χ2n) is 2.02. The number of nitrogens with zero attached hydrogens (tertiary/aromatic N) is 1. The highest BCUT2D eigenvalue weighted by molar-refractivity contribution is 7.09. The highest BCUT2D eigenvalue weighted by Crippen LogP contribution is 2.18. The normalized spacial score (nSPS) is 17.3. The van der Waals surface area contributed by atoms with Gasteiger partial charge in [0.25, 0.3) is 0 Å². The molecular formula is C6H7NOS. The number of thiazole rings is 1. The molecule has 0 radical (unpaired) electrons. The summed E-state index contributed by atoms with van der Waals surface area (Å²) >= 11 is 1.69. The van der Waals surface area contributed by atoms with Crippen LogP contribution in [0.25, 0.3) is 0 Å². The minimum Gasteiger partial charge on any atom is -0.375 e. The van der Waals surface area contributed by atoms with E-state index in [0.717, 1.165) is 19.6 Å². The Balaban J connectivity index is 2.39. The zero-order chi connectivity index (χ0) is 6.10. The zero-order valence-corrected chi connectivity index (χ0v) is 5.78. The maximum Gasteiger partial charge on any atom is 0.0828 e. The summed E-state index contributed by atoms with van der Waals surface area (Å²) < 4.78 is 5.22. The number of hydrogen-bond acceptors (Lipinski definition) is 3. The molecule has 1 aliphatic heterocycles. The third-order valence-electron chi connectivity index (χ3n) is 1.44. The summed E-state index contributed by atoms with van der Waals surface area (Å²) in [6.45, 7) is 1.62. The topological polar surface area (TPSA) is 22.1 Å². The highest BCUT2D eigenvalue weighted by atomic mass is 32.1. The number of fused-ring (bicyclic) bond motifs is 1. The molecule has 1 aromatic rings. The quantitative estimate of drug-likeness (QED) is 0.542. The highest BCUT2D eigenvalue weighted by Gasteiger charge is 2.10. The van der Waals surface area contributed by atoms with Crippen molar-refractivity contribution in [2.75, 3.05) is 6.61 Å². The minimum atomic E-state index is 0.778. The van der Waals surface area contributed by atoms with Gasteiger partial charge in [-0.2, -0.15) is 0 Å². The Labute approximate surface area is 57.5 Å². The van der Waals surface area contributed by atoms with Crippen LogP contribution < -0.4 is 0 Å². The van der Waals surface area contributed by atoms with Crippen LogP contribution in [0.4, 0.5) is 0 Å². The van der Waals surface area contributed by atoms with Gasteiger partial charge in [0, 0.05) is 6.42 Å². The van der Waals surface area contributed by atoms with Crippen molar-refractivity contribution in [2.24, 2.45) is 0 Å². The number of aromatic nitrogens is 1. The van der Waals surface area contributed by atoms with Crippen LogP contribution in [0.5, 0.6) is 0 Å². The van der Waals surface area contributed by atoms with Crippen molar-refractivity contribution in [1.29, 1.82) is 0 Å². The van der Waals surface area contributed by atoms with Crippen molar-refractivity contribution in [2.45, 2.75) is 13.0 Å². The average molecular weight is 141 g/mol. The lowest BCUT2D eigenvalue weighted by Gasteiger charge is -2.08. The van der Waals surface area contributed by atoms with Crippen molar-refractivity contribution in [3.63, 3.8) is 0 Å². The van der Waals surface area contributed by atoms with E-state index in [2.05, 4.69) is 4.98 Å². The fraction of sp³-hybridized carbons (Fsp3) is 0.500. The predicted octanol–water partition coefficient (Wildman–Crippen LogP) is 1.22.